The number of anilines is 1. The number of rotatable bonds is 3. The first-order valence-corrected chi connectivity index (χ1v) is 10.8. The van der Waals surface area contributed by atoms with Gasteiger partial charge in [0.25, 0.3) is 5.91 Å². The Bertz CT molecular complexity index is 1250. The van der Waals surface area contributed by atoms with Gasteiger partial charge in [0.1, 0.15) is 0 Å². The number of fused-ring (bicyclic) bond motifs is 6. The van der Waals surface area contributed by atoms with E-state index in [1.807, 2.05) is 115 Å². The first-order valence-electron chi connectivity index (χ1n) is 10.8. The van der Waals surface area contributed by atoms with E-state index in [0.717, 1.165) is 5.56 Å². The summed E-state index contributed by atoms with van der Waals surface area (Å²) in [7, 11) is 0. The van der Waals surface area contributed by atoms with Gasteiger partial charge < -0.3 is 4.74 Å². The average Bonchev–Trinajstić information content (AvgIpc) is 2.99. The highest BCUT2D eigenvalue weighted by Crippen LogP contribution is 2.61. The molecule has 156 valence electrons. The van der Waals surface area contributed by atoms with Gasteiger partial charge in [-0.1, -0.05) is 103 Å². The molecule has 4 nitrogen and oxygen atoms in total. The van der Waals surface area contributed by atoms with Crippen LogP contribution in [0.15, 0.2) is 115 Å². The molecule has 2 saturated heterocycles. The summed E-state index contributed by atoms with van der Waals surface area (Å²) in [6, 6.07) is 28.5. The quantitative estimate of drug-likeness (QED) is 0.616. The lowest BCUT2D eigenvalue weighted by atomic mass is 9.71. The molecule has 4 heteroatoms. The van der Waals surface area contributed by atoms with Gasteiger partial charge in [0.2, 0.25) is 0 Å². The van der Waals surface area contributed by atoms with Crippen LogP contribution < -0.4 is 4.90 Å². The fraction of sp³-hybridized carbons (Fsp3) is 0.143. The highest BCUT2D eigenvalue weighted by atomic mass is 16.6. The van der Waals surface area contributed by atoms with Gasteiger partial charge in [-0.15, -0.1) is 0 Å². The number of hydrogen-bond acceptors (Lipinski definition) is 3. The lowest BCUT2D eigenvalue weighted by Crippen LogP contribution is -2.56. The third-order valence-corrected chi connectivity index (χ3v) is 6.76. The van der Waals surface area contributed by atoms with Crippen molar-refractivity contribution in [3.63, 3.8) is 0 Å². The Hall–Kier alpha value is -3.76. The Balaban J connectivity index is 1.72. The van der Waals surface area contributed by atoms with Crippen LogP contribution in [-0.2, 0) is 25.7 Å². The van der Waals surface area contributed by atoms with Crippen LogP contribution in [0.25, 0.3) is 0 Å². The average molecular weight is 419 g/mol. The van der Waals surface area contributed by atoms with Gasteiger partial charge in [0.15, 0.2) is 17.1 Å². The Labute approximate surface area is 186 Å². The molecule has 0 aromatic heterocycles. The van der Waals surface area contributed by atoms with Gasteiger partial charge in [-0.05, 0) is 17.7 Å². The first-order chi connectivity index (χ1) is 15.7. The maximum Gasteiger partial charge on any atom is 0.267 e. The van der Waals surface area contributed by atoms with E-state index in [1.54, 1.807) is 4.90 Å². The van der Waals surface area contributed by atoms with Gasteiger partial charge in [-0.3, -0.25) is 14.5 Å². The Morgan fingerprint density at radius 2 is 1.19 bits per heavy atom. The third-order valence-electron chi connectivity index (χ3n) is 6.76. The standard InChI is InChI=1S/C28H21NO3/c30-25-23-18-10-11-19-24(25)28(21-14-6-2-7-15-21)29(22-16-8-3-9-17-22)26(31)27(23,32-28)20-12-4-1-5-13-20/h1-19,23-24H/t23?,24?,27-,28+/m1/s1. The van der Waals surface area contributed by atoms with Crippen molar-refractivity contribution in [2.24, 2.45) is 11.8 Å². The summed E-state index contributed by atoms with van der Waals surface area (Å²) in [4.78, 5) is 30.2. The molecule has 3 aromatic rings. The van der Waals surface area contributed by atoms with E-state index in [-0.39, 0.29) is 11.7 Å². The summed E-state index contributed by atoms with van der Waals surface area (Å²) < 4.78 is 6.99. The fourth-order valence-electron chi connectivity index (χ4n) is 5.42. The molecule has 2 unspecified atom stereocenters. The predicted molar refractivity (Wildman–Crippen MR) is 122 cm³/mol. The maximum atomic E-state index is 14.5. The van der Waals surface area contributed by atoms with Crippen LogP contribution in [0.4, 0.5) is 5.69 Å². The number of Topliss-reactive ketones (excluding diaryl/α,β-unsaturated/α-hetero) is 1. The smallest absolute Gasteiger partial charge is 0.267 e. The number of amides is 1. The van der Waals surface area contributed by atoms with Crippen molar-refractivity contribution in [3.8, 4) is 0 Å². The molecule has 2 aliphatic heterocycles. The Kier molecular flexibility index (Phi) is 4.07. The van der Waals surface area contributed by atoms with Crippen molar-refractivity contribution in [2.45, 2.75) is 11.3 Å². The maximum absolute atomic E-state index is 14.5. The van der Waals surface area contributed by atoms with E-state index in [1.165, 1.54) is 0 Å². The van der Waals surface area contributed by atoms with Crippen molar-refractivity contribution in [2.75, 3.05) is 4.90 Å². The number of ketones is 1. The minimum atomic E-state index is -1.44. The fourth-order valence-corrected chi connectivity index (χ4v) is 5.42. The van der Waals surface area contributed by atoms with Gasteiger partial charge in [-0.25, -0.2) is 0 Å². The summed E-state index contributed by atoms with van der Waals surface area (Å²) in [5.41, 5.74) is -0.560. The van der Waals surface area contributed by atoms with Crippen LogP contribution in [-0.4, -0.2) is 11.7 Å². The molecule has 0 saturated carbocycles. The normalized spacial score (nSPS) is 30.4. The summed E-state index contributed by atoms with van der Waals surface area (Å²) in [5.74, 6) is -1.60. The Morgan fingerprint density at radius 1 is 0.656 bits per heavy atom. The van der Waals surface area contributed by atoms with E-state index >= 15 is 0 Å². The molecule has 1 amide bonds. The second kappa shape index (κ2) is 6.87. The lowest BCUT2D eigenvalue weighted by molar-refractivity contribution is -0.193. The molecule has 2 fully saturated rings. The molecular weight excluding hydrogens is 398 g/mol. The number of hydrogen-bond donors (Lipinski definition) is 0. The molecular formula is C28H21NO3. The summed E-state index contributed by atoms with van der Waals surface area (Å²) in [6.07, 6.45) is 7.43. The molecule has 6 rings (SSSR count). The minimum Gasteiger partial charge on any atom is -0.327 e. The molecule has 0 spiro atoms. The lowest BCUT2D eigenvalue weighted by Gasteiger charge is -2.46. The van der Waals surface area contributed by atoms with Crippen molar-refractivity contribution in [3.05, 3.63) is 126 Å². The minimum absolute atomic E-state index is 0.0132. The predicted octanol–water partition coefficient (Wildman–Crippen LogP) is 4.74. The molecule has 2 heterocycles. The molecule has 4 atom stereocenters. The van der Waals surface area contributed by atoms with Crippen LogP contribution in [0, 0.1) is 11.8 Å². The highest BCUT2D eigenvalue weighted by molar-refractivity contribution is 6.11. The zero-order valence-electron chi connectivity index (χ0n) is 17.3. The van der Waals surface area contributed by atoms with Gasteiger partial charge in [0.05, 0.1) is 11.8 Å². The van der Waals surface area contributed by atoms with Gasteiger partial charge >= 0.3 is 0 Å². The number of carbonyl (C=O) groups is 2. The topological polar surface area (TPSA) is 46.6 Å². The molecule has 3 aliphatic rings. The van der Waals surface area contributed by atoms with Gasteiger partial charge in [0, 0.05) is 11.3 Å². The second-order valence-electron chi connectivity index (χ2n) is 8.37. The highest BCUT2D eigenvalue weighted by Gasteiger charge is 2.74. The molecule has 0 N–H and O–H groups in total. The van der Waals surface area contributed by atoms with Gasteiger partial charge in [-0.2, -0.15) is 0 Å². The summed E-state index contributed by atoms with van der Waals surface area (Å²) >= 11 is 0. The number of nitrogens with zero attached hydrogens (tertiary/aromatic N) is 1. The first kappa shape index (κ1) is 19.0. The van der Waals surface area contributed by atoms with E-state index in [0.29, 0.717) is 11.3 Å². The van der Waals surface area contributed by atoms with Crippen LogP contribution in [0.5, 0.6) is 0 Å². The number of allylic oxidation sites excluding steroid dienone is 2. The third kappa shape index (κ3) is 2.30. The van der Waals surface area contributed by atoms with E-state index in [4.69, 9.17) is 4.74 Å². The van der Waals surface area contributed by atoms with E-state index < -0.39 is 23.2 Å². The van der Waals surface area contributed by atoms with Crippen LogP contribution >= 0.6 is 0 Å². The van der Waals surface area contributed by atoms with Crippen LogP contribution in [0.2, 0.25) is 0 Å². The largest absolute Gasteiger partial charge is 0.327 e. The summed E-state index contributed by atoms with van der Waals surface area (Å²) in [6.45, 7) is 0. The van der Waals surface area contributed by atoms with Crippen molar-refractivity contribution >= 4 is 17.4 Å². The molecule has 1 aliphatic carbocycles. The van der Waals surface area contributed by atoms with Crippen molar-refractivity contribution in [1.82, 2.24) is 0 Å². The molecule has 4 bridgehead atoms. The number of para-hydroxylation sites is 1. The monoisotopic (exact) mass is 419 g/mol. The number of carbonyl (C=O) groups excluding carboxylic acids is 2. The number of ether oxygens (including phenoxy) is 1. The molecule has 32 heavy (non-hydrogen) atoms. The van der Waals surface area contributed by atoms with Crippen LogP contribution in [0.1, 0.15) is 11.1 Å². The summed E-state index contributed by atoms with van der Waals surface area (Å²) in [5, 5.41) is 0. The SMILES string of the molecule is O=C1C2C=CC=CC1[C@]1(c3ccccc3)O[C@@]2(c2ccccc2)C(=O)N1c1ccccc1. The Morgan fingerprint density at radius 3 is 1.81 bits per heavy atom. The molecule has 0 radical (unpaired) electrons. The molecule has 3 aromatic carbocycles. The van der Waals surface area contributed by atoms with E-state index in [9.17, 15) is 9.59 Å². The van der Waals surface area contributed by atoms with Crippen LogP contribution in [0.3, 0.4) is 0 Å². The van der Waals surface area contributed by atoms with Crippen molar-refractivity contribution < 1.29 is 14.3 Å². The zero-order chi connectivity index (χ0) is 21.8. The number of benzene rings is 3. The van der Waals surface area contributed by atoms with Crippen molar-refractivity contribution in [1.29, 1.82) is 0 Å². The second-order valence-corrected chi connectivity index (χ2v) is 8.37. The van der Waals surface area contributed by atoms with E-state index in [2.05, 4.69) is 0 Å². The zero-order valence-corrected chi connectivity index (χ0v) is 17.3.